The molecule has 0 atom stereocenters. The number of benzene rings is 1. The van der Waals surface area contributed by atoms with Crippen LogP contribution in [0.5, 0.6) is 5.75 Å². The van der Waals surface area contributed by atoms with Crippen LogP contribution >= 0.6 is 0 Å². The van der Waals surface area contributed by atoms with Gasteiger partial charge in [-0.05, 0) is 44.4 Å². The van der Waals surface area contributed by atoms with Crippen LogP contribution in [0.2, 0.25) is 0 Å². The van der Waals surface area contributed by atoms with Crippen LogP contribution in [-0.2, 0) is 17.7 Å². The van der Waals surface area contributed by atoms with Crippen LogP contribution in [-0.4, -0.2) is 33.2 Å². The third-order valence-corrected chi connectivity index (χ3v) is 3.16. The van der Waals surface area contributed by atoms with Gasteiger partial charge in [0.05, 0.1) is 4.92 Å². The molecule has 114 valence electrons. The molecular weight excluding hydrogens is 276 g/mol. The van der Waals surface area contributed by atoms with E-state index in [1.807, 2.05) is 0 Å². The number of ether oxygens (including phenoxy) is 1. The molecule has 7 nitrogen and oxygen atoms in total. The van der Waals surface area contributed by atoms with E-state index in [-0.39, 0.29) is 18.0 Å². The van der Waals surface area contributed by atoms with Crippen LogP contribution in [0.1, 0.15) is 31.9 Å². The zero-order valence-electron chi connectivity index (χ0n) is 12.3. The average Bonchev–Trinajstić information content (AvgIpc) is 2.35. The third kappa shape index (κ3) is 3.42. The quantitative estimate of drug-likeness (QED) is 0.634. The second kappa shape index (κ2) is 5.23. The molecule has 0 saturated heterocycles. The number of hydrogen-bond donors (Lipinski definition) is 1. The summed E-state index contributed by atoms with van der Waals surface area (Å²) in [5, 5.41) is 20.5. The molecule has 1 heterocycles. The van der Waals surface area contributed by atoms with Crippen molar-refractivity contribution in [3.8, 4) is 5.75 Å². The standard InChI is InChI=1S/C14H18N2O5/c1-14(2,3)21-13(18)15-5-4-9-7-12(17)11(16(19)20)6-10(9)8-15/h6-7,17H,4-5,8H2,1-3H3. The molecule has 0 unspecified atom stereocenters. The number of phenols is 1. The lowest BCUT2D eigenvalue weighted by Gasteiger charge is -2.31. The smallest absolute Gasteiger partial charge is 0.410 e. The number of aromatic hydroxyl groups is 1. The van der Waals surface area contributed by atoms with Crippen LogP contribution in [0, 0.1) is 10.1 Å². The van der Waals surface area contributed by atoms with E-state index < -0.39 is 16.6 Å². The summed E-state index contributed by atoms with van der Waals surface area (Å²) in [6.45, 7) is 6.05. The highest BCUT2D eigenvalue weighted by Crippen LogP contribution is 2.32. The number of phenolic OH excluding ortho intramolecular Hbond substituents is 1. The molecule has 7 heteroatoms. The Kier molecular flexibility index (Phi) is 3.76. The largest absolute Gasteiger partial charge is 0.502 e. The molecule has 0 spiro atoms. The Hall–Kier alpha value is -2.31. The van der Waals surface area contributed by atoms with Crippen molar-refractivity contribution in [1.29, 1.82) is 0 Å². The topological polar surface area (TPSA) is 92.9 Å². The van der Waals surface area contributed by atoms with E-state index in [1.54, 1.807) is 20.8 Å². The van der Waals surface area contributed by atoms with Gasteiger partial charge in [0.2, 0.25) is 0 Å². The molecule has 0 aliphatic carbocycles. The number of nitro benzene ring substituents is 1. The summed E-state index contributed by atoms with van der Waals surface area (Å²) in [6.07, 6.45) is 0.0871. The van der Waals surface area contributed by atoms with Gasteiger partial charge in [0.25, 0.3) is 0 Å². The summed E-state index contributed by atoms with van der Waals surface area (Å²) in [4.78, 5) is 23.8. The van der Waals surface area contributed by atoms with E-state index >= 15 is 0 Å². The minimum Gasteiger partial charge on any atom is -0.502 e. The maximum absolute atomic E-state index is 12.0. The molecule has 1 amide bonds. The zero-order valence-corrected chi connectivity index (χ0v) is 12.3. The predicted octanol–water partition coefficient (Wildman–Crippen LogP) is 2.59. The lowest BCUT2D eigenvalue weighted by Crippen LogP contribution is -2.39. The van der Waals surface area contributed by atoms with Gasteiger partial charge in [-0.25, -0.2) is 4.79 Å². The fourth-order valence-electron chi connectivity index (χ4n) is 2.21. The minimum atomic E-state index is -0.637. The van der Waals surface area contributed by atoms with Crippen molar-refractivity contribution in [2.75, 3.05) is 6.54 Å². The van der Waals surface area contributed by atoms with Gasteiger partial charge < -0.3 is 14.7 Å². The molecule has 0 radical (unpaired) electrons. The van der Waals surface area contributed by atoms with E-state index in [2.05, 4.69) is 0 Å². The van der Waals surface area contributed by atoms with Gasteiger partial charge in [0.15, 0.2) is 5.75 Å². The molecule has 1 aliphatic rings. The molecule has 1 aliphatic heterocycles. The first-order chi connectivity index (χ1) is 9.67. The van der Waals surface area contributed by atoms with E-state index in [9.17, 15) is 20.0 Å². The van der Waals surface area contributed by atoms with Crippen molar-refractivity contribution in [2.24, 2.45) is 0 Å². The molecule has 0 fully saturated rings. The number of nitro groups is 1. The number of carbonyl (C=O) groups excluding carboxylic acids is 1. The van der Waals surface area contributed by atoms with Gasteiger partial charge in [-0.1, -0.05) is 0 Å². The van der Waals surface area contributed by atoms with Gasteiger partial charge in [-0.2, -0.15) is 0 Å². The van der Waals surface area contributed by atoms with E-state index in [0.717, 1.165) is 5.56 Å². The molecule has 1 aromatic carbocycles. The number of fused-ring (bicyclic) bond motifs is 1. The maximum atomic E-state index is 12.0. The molecule has 1 N–H and O–H groups in total. The summed E-state index contributed by atoms with van der Waals surface area (Å²) in [5.41, 5.74) is 0.549. The zero-order chi connectivity index (χ0) is 15.8. The van der Waals surface area contributed by atoms with Crippen molar-refractivity contribution < 1.29 is 19.6 Å². The Morgan fingerprint density at radius 2 is 2.05 bits per heavy atom. The van der Waals surface area contributed by atoms with Crippen molar-refractivity contribution in [1.82, 2.24) is 4.90 Å². The van der Waals surface area contributed by atoms with Crippen molar-refractivity contribution in [3.63, 3.8) is 0 Å². The average molecular weight is 294 g/mol. The van der Waals surface area contributed by atoms with Gasteiger partial charge >= 0.3 is 11.8 Å². The second-order valence-electron chi connectivity index (χ2n) is 6.02. The van der Waals surface area contributed by atoms with E-state index in [0.29, 0.717) is 18.5 Å². The van der Waals surface area contributed by atoms with Crippen LogP contribution in [0.3, 0.4) is 0 Å². The second-order valence-corrected chi connectivity index (χ2v) is 6.02. The number of rotatable bonds is 1. The van der Waals surface area contributed by atoms with Gasteiger partial charge in [-0.15, -0.1) is 0 Å². The molecule has 0 bridgehead atoms. The molecule has 0 saturated carbocycles. The predicted molar refractivity (Wildman–Crippen MR) is 75.1 cm³/mol. The minimum absolute atomic E-state index is 0.241. The number of amides is 1. The number of hydrogen-bond acceptors (Lipinski definition) is 5. The number of nitrogens with zero attached hydrogens (tertiary/aromatic N) is 2. The van der Waals surface area contributed by atoms with E-state index in [1.165, 1.54) is 17.0 Å². The Balaban J connectivity index is 2.22. The van der Waals surface area contributed by atoms with Crippen LogP contribution in [0.4, 0.5) is 10.5 Å². The Morgan fingerprint density at radius 3 is 2.62 bits per heavy atom. The molecule has 2 rings (SSSR count). The van der Waals surface area contributed by atoms with E-state index in [4.69, 9.17) is 4.74 Å². The highest BCUT2D eigenvalue weighted by atomic mass is 16.6. The van der Waals surface area contributed by atoms with Gasteiger partial charge in [-0.3, -0.25) is 10.1 Å². The highest BCUT2D eigenvalue weighted by molar-refractivity contribution is 5.69. The maximum Gasteiger partial charge on any atom is 0.410 e. The van der Waals surface area contributed by atoms with Gasteiger partial charge in [0, 0.05) is 19.2 Å². The highest BCUT2D eigenvalue weighted by Gasteiger charge is 2.28. The normalized spacial score (nSPS) is 14.5. The Bertz CT molecular complexity index is 592. The summed E-state index contributed by atoms with van der Waals surface area (Å²) < 4.78 is 5.30. The summed E-state index contributed by atoms with van der Waals surface area (Å²) in [6, 6.07) is 2.72. The summed E-state index contributed by atoms with van der Waals surface area (Å²) in [7, 11) is 0. The molecule has 21 heavy (non-hydrogen) atoms. The first kappa shape index (κ1) is 15.1. The van der Waals surface area contributed by atoms with Crippen LogP contribution in [0.25, 0.3) is 0 Å². The molecule has 0 aromatic heterocycles. The SMILES string of the molecule is CC(C)(C)OC(=O)N1CCc2cc(O)c([N+](=O)[O-])cc2C1. The van der Waals surface area contributed by atoms with Crippen molar-refractivity contribution in [3.05, 3.63) is 33.4 Å². The third-order valence-electron chi connectivity index (χ3n) is 3.16. The first-order valence-electron chi connectivity index (χ1n) is 6.64. The Labute approximate surface area is 122 Å². The van der Waals surface area contributed by atoms with Crippen molar-refractivity contribution >= 4 is 11.8 Å². The fraction of sp³-hybridized carbons (Fsp3) is 0.500. The fourth-order valence-corrected chi connectivity index (χ4v) is 2.21. The van der Waals surface area contributed by atoms with Gasteiger partial charge in [0.1, 0.15) is 5.60 Å². The van der Waals surface area contributed by atoms with Crippen LogP contribution in [0.15, 0.2) is 12.1 Å². The Morgan fingerprint density at radius 1 is 1.38 bits per heavy atom. The first-order valence-corrected chi connectivity index (χ1v) is 6.64. The lowest BCUT2D eigenvalue weighted by molar-refractivity contribution is -0.386. The molecular formula is C14H18N2O5. The number of carbonyl (C=O) groups is 1. The monoisotopic (exact) mass is 294 g/mol. The lowest BCUT2D eigenvalue weighted by atomic mass is 9.99. The van der Waals surface area contributed by atoms with Crippen LogP contribution < -0.4 is 0 Å². The summed E-state index contributed by atoms with van der Waals surface area (Å²) in [5.74, 6) is -0.343. The summed E-state index contributed by atoms with van der Waals surface area (Å²) >= 11 is 0. The molecule has 1 aromatic rings. The van der Waals surface area contributed by atoms with Crippen molar-refractivity contribution in [2.45, 2.75) is 39.3 Å².